The van der Waals surface area contributed by atoms with E-state index in [2.05, 4.69) is 38.1 Å². The lowest BCUT2D eigenvalue weighted by molar-refractivity contribution is 0.569. The summed E-state index contributed by atoms with van der Waals surface area (Å²) in [5.74, 6) is 0.628. The molecule has 0 saturated carbocycles. The number of fused-ring (bicyclic) bond motifs is 1. The highest BCUT2D eigenvalue weighted by Gasteiger charge is 2.29. The van der Waals surface area contributed by atoms with Gasteiger partial charge in [0.05, 0.1) is 12.1 Å². The second-order valence-corrected chi connectivity index (χ2v) is 3.50. The van der Waals surface area contributed by atoms with Crippen LogP contribution < -0.4 is 5.43 Å². The van der Waals surface area contributed by atoms with Crippen molar-refractivity contribution in [1.29, 1.82) is 0 Å². The van der Waals surface area contributed by atoms with Crippen molar-refractivity contribution in [3.63, 3.8) is 0 Å². The summed E-state index contributed by atoms with van der Waals surface area (Å²) in [7, 11) is 0. The van der Waals surface area contributed by atoms with Crippen molar-refractivity contribution >= 4 is 32.1 Å². The number of hydrogen-bond acceptors (Lipinski definition) is 3. The van der Waals surface area contributed by atoms with Crippen LogP contribution >= 0.6 is 22.6 Å². The van der Waals surface area contributed by atoms with Crippen molar-refractivity contribution < 1.29 is 4.39 Å². The molecule has 58 valence electrons. The van der Waals surface area contributed by atoms with Crippen molar-refractivity contribution in [3.8, 4) is 0 Å². The molecule has 3 nitrogen and oxygen atoms in total. The normalized spacial score (nSPS) is 28.2. The van der Waals surface area contributed by atoms with Crippen LogP contribution in [0.3, 0.4) is 0 Å². The van der Waals surface area contributed by atoms with Gasteiger partial charge in [-0.15, -0.1) is 0 Å². The lowest BCUT2D eigenvalue weighted by Crippen LogP contribution is -2.23. The fraction of sp³-hybridized carbons (Fsp3) is 0.333. The van der Waals surface area contributed by atoms with Gasteiger partial charge in [-0.05, 0) is 22.6 Å². The Hall–Kier alpha value is -0.460. The maximum atomic E-state index is 12.7. The summed E-state index contributed by atoms with van der Waals surface area (Å²) in [6.45, 7) is 0. The number of nitrogens with one attached hydrogen (secondary N) is 1. The summed E-state index contributed by atoms with van der Waals surface area (Å²) in [5.41, 5.74) is 2.75. The molecule has 1 atom stereocenters. The molecule has 0 amide bonds. The summed E-state index contributed by atoms with van der Waals surface area (Å²) < 4.78 is 13.5. The number of hydrazone groups is 1. The highest BCUT2D eigenvalue weighted by molar-refractivity contribution is 14.1. The molecule has 11 heavy (non-hydrogen) atoms. The molecule has 2 aliphatic heterocycles. The first-order chi connectivity index (χ1) is 5.27. The van der Waals surface area contributed by atoms with E-state index in [-0.39, 0.29) is 11.7 Å². The first-order valence-electron chi connectivity index (χ1n) is 3.18. The fourth-order valence-electron chi connectivity index (χ4n) is 1.07. The number of amidine groups is 1. The van der Waals surface area contributed by atoms with Crippen molar-refractivity contribution in [2.24, 2.45) is 16.0 Å². The molecule has 1 N–H and O–H groups in total. The van der Waals surface area contributed by atoms with Gasteiger partial charge in [-0.25, -0.2) is 9.38 Å². The van der Waals surface area contributed by atoms with Gasteiger partial charge in [-0.2, -0.15) is 5.10 Å². The zero-order valence-corrected chi connectivity index (χ0v) is 7.67. The van der Waals surface area contributed by atoms with Gasteiger partial charge >= 0.3 is 0 Å². The van der Waals surface area contributed by atoms with Crippen molar-refractivity contribution in [2.45, 2.75) is 6.42 Å². The molecule has 0 spiro atoms. The standard InChI is InChI=1S/C6H5FIN3/c7-3-1-4-5(8)10-11-6(4)9-2-3/h2,4H,1H2,(H,9,11). The molecule has 0 aliphatic carbocycles. The zero-order valence-electron chi connectivity index (χ0n) is 5.51. The second-order valence-electron chi connectivity index (χ2n) is 2.39. The van der Waals surface area contributed by atoms with Crippen LogP contribution in [-0.4, -0.2) is 9.55 Å². The first-order valence-corrected chi connectivity index (χ1v) is 4.26. The van der Waals surface area contributed by atoms with Gasteiger partial charge in [-0.3, -0.25) is 5.43 Å². The monoisotopic (exact) mass is 265 g/mol. The number of aliphatic imine (C=N–C) groups is 1. The van der Waals surface area contributed by atoms with Crippen molar-refractivity contribution in [1.82, 2.24) is 5.43 Å². The lowest BCUT2D eigenvalue weighted by Gasteiger charge is -2.11. The maximum Gasteiger partial charge on any atom is 0.132 e. The van der Waals surface area contributed by atoms with E-state index in [1.54, 1.807) is 0 Å². The van der Waals surface area contributed by atoms with E-state index >= 15 is 0 Å². The molecular formula is C6H5FIN3. The third-order valence-electron chi connectivity index (χ3n) is 1.64. The average Bonchev–Trinajstić information content (AvgIpc) is 2.33. The summed E-state index contributed by atoms with van der Waals surface area (Å²) >= 11 is 2.09. The van der Waals surface area contributed by atoms with Crippen LogP contribution in [0.25, 0.3) is 0 Å². The van der Waals surface area contributed by atoms with Gasteiger partial charge in [-0.1, -0.05) is 0 Å². The molecule has 1 unspecified atom stereocenters. The van der Waals surface area contributed by atoms with Gasteiger partial charge in [0.15, 0.2) is 0 Å². The highest BCUT2D eigenvalue weighted by atomic mass is 127. The van der Waals surface area contributed by atoms with Gasteiger partial charge in [0.25, 0.3) is 0 Å². The molecule has 0 saturated heterocycles. The molecule has 2 heterocycles. The zero-order chi connectivity index (χ0) is 7.84. The third kappa shape index (κ3) is 1.17. The molecule has 2 rings (SSSR count). The summed E-state index contributed by atoms with van der Waals surface area (Å²) in [4.78, 5) is 3.87. The Morgan fingerprint density at radius 2 is 2.55 bits per heavy atom. The number of halogens is 2. The van der Waals surface area contributed by atoms with Crippen LogP contribution in [0.5, 0.6) is 0 Å². The molecule has 0 radical (unpaired) electrons. The summed E-state index contributed by atoms with van der Waals surface area (Å²) in [5, 5.41) is 3.94. The average molecular weight is 265 g/mol. The SMILES string of the molecule is FC1=CN=C2NN=C(I)C2C1. The van der Waals surface area contributed by atoms with Gasteiger partial charge in [0.2, 0.25) is 0 Å². The topological polar surface area (TPSA) is 36.8 Å². The van der Waals surface area contributed by atoms with Crippen LogP contribution in [0, 0.1) is 5.92 Å². The Balaban J connectivity index is 2.30. The number of rotatable bonds is 0. The van der Waals surface area contributed by atoms with Gasteiger partial charge in [0.1, 0.15) is 15.4 Å². The number of allylic oxidation sites excluding steroid dienone is 1. The van der Waals surface area contributed by atoms with E-state index in [9.17, 15) is 4.39 Å². The van der Waals surface area contributed by atoms with E-state index in [4.69, 9.17) is 0 Å². The molecule has 0 aromatic carbocycles. The molecule has 0 aromatic heterocycles. The van der Waals surface area contributed by atoms with Crippen LogP contribution in [0.2, 0.25) is 0 Å². The largest absolute Gasteiger partial charge is 0.264 e. The van der Waals surface area contributed by atoms with Crippen LogP contribution in [0.15, 0.2) is 22.1 Å². The highest BCUT2D eigenvalue weighted by Crippen LogP contribution is 2.25. The minimum absolute atomic E-state index is 0.0422. The van der Waals surface area contributed by atoms with E-state index in [0.29, 0.717) is 6.42 Å². The van der Waals surface area contributed by atoms with Crippen LogP contribution in [-0.2, 0) is 0 Å². The second kappa shape index (κ2) is 2.54. The van der Waals surface area contributed by atoms with Gasteiger partial charge in [0, 0.05) is 6.42 Å². The molecule has 0 bridgehead atoms. The van der Waals surface area contributed by atoms with Crippen molar-refractivity contribution in [3.05, 3.63) is 12.0 Å². The predicted molar refractivity (Wildman–Crippen MR) is 49.3 cm³/mol. The van der Waals surface area contributed by atoms with Crippen LogP contribution in [0.4, 0.5) is 4.39 Å². The Morgan fingerprint density at radius 1 is 1.73 bits per heavy atom. The van der Waals surface area contributed by atoms with E-state index in [0.717, 1.165) is 9.55 Å². The Labute approximate surface area is 76.6 Å². The minimum atomic E-state index is -0.174. The lowest BCUT2D eigenvalue weighted by atomic mass is 10.0. The Bertz CT molecular complexity index is 282. The maximum absolute atomic E-state index is 12.7. The third-order valence-corrected chi connectivity index (χ3v) is 2.63. The Morgan fingerprint density at radius 3 is 3.36 bits per heavy atom. The smallest absolute Gasteiger partial charge is 0.132 e. The first kappa shape index (κ1) is 7.20. The van der Waals surface area contributed by atoms with Crippen molar-refractivity contribution in [2.75, 3.05) is 0 Å². The minimum Gasteiger partial charge on any atom is -0.264 e. The van der Waals surface area contributed by atoms with E-state index < -0.39 is 0 Å². The van der Waals surface area contributed by atoms with E-state index in [1.165, 1.54) is 6.20 Å². The quantitative estimate of drug-likeness (QED) is 0.663. The molecular weight excluding hydrogens is 260 g/mol. The predicted octanol–water partition coefficient (Wildman–Crippen LogP) is 1.57. The molecule has 0 aromatic rings. The summed E-state index contributed by atoms with van der Waals surface area (Å²) in [6, 6.07) is 0. The molecule has 2 aliphatic rings. The molecule has 5 heteroatoms. The number of nitrogens with zero attached hydrogens (tertiary/aromatic N) is 2. The van der Waals surface area contributed by atoms with E-state index in [1.807, 2.05) is 0 Å². The van der Waals surface area contributed by atoms with Gasteiger partial charge < -0.3 is 0 Å². The number of hydrogen-bond donors (Lipinski definition) is 1. The Kier molecular flexibility index (Phi) is 1.67. The van der Waals surface area contributed by atoms with Crippen LogP contribution in [0.1, 0.15) is 6.42 Å². The fourth-order valence-corrected chi connectivity index (χ4v) is 1.70. The summed E-state index contributed by atoms with van der Waals surface area (Å²) in [6.07, 6.45) is 1.64. The molecule has 0 fully saturated rings.